The van der Waals surface area contributed by atoms with Crippen LogP contribution in [0.15, 0.2) is 48.5 Å². The van der Waals surface area contributed by atoms with Gasteiger partial charge in [-0.1, -0.05) is 19.9 Å². The van der Waals surface area contributed by atoms with Crippen LogP contribution < -0.4 is 14.8 Å². The molecule has 3 aromatic rings. The third-order valence-corrected chi connectivity index (χ3v) is 5.56. The lowest BCUT2D eigenvalue weighted by atomic mass is 10.0. The van der Waals surface area contributed by atoms with Crippen molar-refractivity contribution in [3.8, 4) is 28.4 Å². The molecule has 0 aliphatic carbocycles. The number of rotatable bonds is 12. The normalized spacial score (nSPS) is 11.6. The largest absolute Gasteiger partial charge is 0.496 e. The molecule has 0 saturated carbocycles. The van der Waals surface area contributed by atoms with Crippen molar-refractivity contribution < 1.29 is 38.1 Å². The Morgan fingerprint density at radius 2 is 1.76 bits per heavy atom. The Bertz CT molecular complexity index is 1290. The Balaban J connectivity index is 2.12. The molecule has 0 radical (unpaired) electrons. The SMILES string of the molecule is COC(=O)COc1cccc(OC)c1-c1cc(C(=O)N[C@H](CC(=O)O)CC(C)C)nn1-c1ccc(F)cc1. The summed E-state index contributed by atoms with van der Waals surface area (Å²) >= 11 is 0. The zero-order valence-corrected chi connectivity index (χ0v) is 21.6. The summed E-state index contributed by atoms with van der Waals surface area (Å²) in [6, 6.07) is 11.3. The summed E-state index contributed by atoms with van der Waals surface area (Å²) in [6.45, 7) is 3.49. The molecule has 1 heterocycles. The second kappa shape index (κ2) is 12.7. The van der Waals surface area contributed by atoms with E-state index in [-0.39, 0.29) is 30.4 Å². The van der Waals surface area contributed by atoms with Crippen molar-refractivity contribution in [2.75, 3.05) is 20.8 Å². The number of aromatic nitrogens is 2. The van der Waals surface area contributed by atoms with Crippen LogP contribution in [0, 0.1) is 11.7 Å². The smallest absolute Gasteiger partial charge is 0.343 e. The first-order chi connectivity index (χ1) is 18.1. The van der Waals surface area contributed by atoms with E-state index in [1.165, 1.54) is 49.2 Å². The molecule has 2 N–H and O–H groups in total. The van der Waals surface area contributed by atoms with Crippen LogP contribution in [0.2, 0.25) is 0 Å². The molecule has 0 aliphatic heterocycles. The molecule has 0 bridgehead atoms. The fourth-order valence-electron chi connectivity index (χ4n) is 3.93. The number of hydrogen-bond acceptors (Lipinski definition) is 7. The molecule has 0 fully saturated rings. The molecule has 1 atom stereocenters. The number of aliphatic carboxylic acids is 1. The number of hydrogen-bond donors (Lipinski definition) is 2. The molecular formula is C27H30FN3O7. The summed E-state index contributed by atoms with van der Waals surface area (Å²) in [6.07, 6.45) is 0.217. The number of esters is 1. The fraction of sp³-hybridized carbons (Fsp3) is 0.333. The standard InChI is InChI=1S/C27H30FN3O7/c1-16(2)12-18(13-24(32)33)29-27(35)20-14-21(31(30-20)19-10-8-17(28)9-11-19)26-22(36-3)6-5-7-23(26)38-15-25(34)37-4/h5-11,14,16,18H,12-13,15H2,1-4H3,(H,29,35)(H,32,33)/t18-/m0/s1. The fourth-order valence-corrected chi connectivity index (χ4v) is 3.93. The number of carbonyl (C=O) groups is 3. The predicted molar refractivity (Wildman–Crippen MR) is 136 cm³/mol. The average Bonchev–Trinajstić information content (AvgIpc) is 3.31. The summed E-state index contributed by atoms with van der Waals surface area (Å²) in [5, 5.41) is 16.5. The van der Waals surface area contributed by atoms with Crippen LogP contribution in [0.1, 0.15) is 37.2 Å². The molecule has 3 rings (SSSR count). The Morgan fingerprint density at radius 1 is 1.08 bits per heavy atom. The van der Waals surface area contributed by atoms with Crippen molar-refractivity contribution in [2.24, 2.45) is 5.92 Å². The van der Waals surface area contributed by atoms with Crippen molar-refractivity contribution in [3.05, 3.63) is 60.0 Å². The highest BCUT2D eigenvalue weighted by atomic mass is 19.1. The molecule has 1 aromatic heterocycles. The highest BCUT2D eigenvalue weighted by molar-refractivity contribution is 5.94. The zero-order chi connectivity index (χ0) is 27.8. The van der Waals surface area contributed by atoms with Crippen LogP contribution in [0.3, 0.4) is 0 Å². The summed E-state index contributed by atoms with van der Waals surface area (Å²) < 4.78 is 31.0. The molecule has 202 valence electrons. The first kappa shape index (κ1) is 28.2. The van der Waals surface area contributed by atoms with E-state index < -0.39 is 29.7 Å². The quantitative estimate of drug-likeness (QED) is 0.340. The number of carboxylic acid groups (broad SMARTS) is 1. The number of halogens is 1. The van der Waals surface area contributed by atoms with E-state index in [4.69, 9.17) is 9.47 Å². The zero-order valence-electron chi connectivity index (χ0n) is 21.6. The number of methoxy groups -OCH3 is 2. The van der Waals surface area contributed by atoms with Gasteiger partial charge < -0.3 is 24.6 Å². The second-order valence-corrected chi connectivity index (χ2v) is 8.90. The number of nitrogens with one attached hydrogen (secondary N) is 1. The maximum Gasteiger partial charge on any atom is 0.343 e. The highest BCUT2D eigenvalue weighted by Crippen LogP contribution is 2.39. The van der Waals surface area contributed by atoms with Gasteiger partial charge in [0, 0.05) is 6.04 Å². The Kier molecular flexibility index (Phi) is 9.42. The van der Waals surface area contributed by atoms with Gasteiger partial charge in [-0.2, -0.15) is 5.10 Å². The van der Waals surface area contributed by atoms with Crippen LogP contribution in [-0.4, -0.2) is 59.6 Å². The van der Waals surface area contributed by atoms with Crippen molar-refractivity contribution in [2.45, 2.75) is 32.7 Å². The summed E-state index contributed by atoms with van der Waals surface area (Å²) in [5.41, 5.74) is 1.18. The number of nitrogens with zero attached hydrogens (tertiary/aromatic N) is 2. The van der Waals surface area contributed by atoms with Crippen LogP contribution in [0.4, 0.5) is 4.39 Å². The van der Waals surface area contributed by atoms with Crippen LogP contribution in [-0.2, 0) is 14.3 Å². The lowest BCUT2D eigenvalue weighted by Crippen LogP contribution is -2.37. The van der Waals surface area contributed by atoms with Gasteiger partial charge in [-0.05, 0) is 54.8 Å². The minimum Gasteiger partial charge on any atom is -0.496 e. The molecule has 0 aliphatic rings. The second-order valence-electron chi connectivity index (χ2n) is 8.90. The minimum atomic E-state index is -1.03. The van der Waals surface area contributed by atoms with Crippen LogP contribution in [0.25, 0.3) is 16.9 Å². The average molecular weight is 528 g/mol. The molecule has 11 heteroatoms. The Hall–Kier alpha value is -4.41. The molecule has 2 aromatic carbocycles. The molecule has 0 unspecified atom stereocenters. The van der Waals surface area contributed by atoms with E-state index in [9.17, 15) is 23.9 Å². The van der Waals surface area contributed by atoms with Gasteiger partial charge in [0.15, 0.2) is 12.3 Å². The molecule has 38 heavy (non-hydrogen) atoms. The van der Waals surface area contributed by atoms with Gasteiger partial charge in [0.2, 0.25) is 0 Å². The van der Waals surface area contributed by atoms with Crippen molar-refractivity contribution in [1.29, 1.82) is 0 Å². The number of amides is 1. The van der Waals surface area contributed by atoms with Crippen molar-refractivity contribution >= 4 is 17.8 Å². The Morgan fingerprint density at radius 3 is 2.37 bits per heavy atom. The molecule has 0 saturated heterocycles. The van der Waals surface area contributed by atoms with Gasteiger partial charge in [0.1, 0.15) is 17.3 Å². The topological polar surface area (TPSA) is 129 Å². The van der Waals surface area contributed by atoms with Crippen molar-refractivity contribution in [1.82, 2.24) is 15.1 Å². The molecule has 0 spiro atoms. The summed E-state index contributed by atoms with van der Waals surface area (Å²) in [7, 11) is 2.70. The monoisotopic (exact) mass is 527 g/mol. The first-order valence-corrected chi connectivity index (χ1v) is 11.9. The predicted octanol–water partition coefficient (Wildman–Crippen LogP) is 3.86. The van der Waals surface area contributed by atoms with Crippen molar-refractivity contribution in [3.63, 3.8) is 0 Å². The van der Waals surface area contributed by atoms with Gasteiger partial charge in [0.25, 0.3) is 5.91 Å². The van der Waals surface area contributed by atoms with E-state index in [0.29, 0.717) is 29.1 Å². The summed E-state index contributed by atoms with van der Waals surface area (Å²) in [4.78, 5) is 36.3. The van der Waals surface area contributed by atoms with E-state index in [0.717, 1.165) is 0 Å². The number of benzene rings is 2. The third kappa shape index (κ3) is 7.09. The van der Waals surface area contributed by atoms with Gasteiger partial charge >= 0.3 is 11.9 Å². The third-order valence-electron chi connectivity index (χ3n) is 5.56. The number of carbonyl (C=O) groups excluding carboxylic acids is 2. The summed E-state index contributed by atoms with van der Waals surface area (Å²) in [5.74, 6) is -1.89. The molecule has 1 amide bonds. The maximum absolute atomic E-state index is 13.7. The van der Waals surface area contributed by atoms with Gasteiger partial charge in [0.05, 0.1) is 37.6 Å². The van der Waals surface area contributed by atoms with E-state index >= 15 is 0 Å². The van der Waals surface area contributed by atoms with Gasteiger partial charge in [-0.3, -0.25) is 9.59 Å². The molecule has 10 nitrogen and oxygen atoms in total. The maximum atomic E-state index is 13.7. The van der Waals surface area contributed by atoms with Gasteiger partial charge in [-0.15, -0.1) is 0 Å². The van der Waals surface area contributed by atoms with E-state index in [2.05, 4.69) is 15.2 Å². The van der Waals surface area contributed by atoms with Crippen LogP contribution in [0.5, 0.6) is 11.5 Å². The number of carboxylic acids is 1. The van der Waals surface area contributed by atoms with Crippen LogP contribution >= 0.6 is 0 Å². The molecular weight excluding hydrogens is 497 g/mol. The lowest BCUT2D eigenvalue weighted by Gasteiger charge is -2.18. The lowest BCUT2D eigenvalue weighted by molar-refractivity contribution is -0.143. The first-order valence-electron chi connectivity index (χ1n) is 11.9. The van der Waals surface area contributed by atoms with E-state index in [1.54, 1.807) is 18.2 Å². The highest BCUT2D eigenvalue weighted by Gasteiger charge is 2.25. The van der Waals surface area contributed by atoms with Gasteiger partial charge in [-0.25, -0.2) is 13.9 Å². The Labute approximate surface area is 219 Å². The van der Waals surface area contributed by atoms with E-state index in [1.807, 2.05) is 13.8 Å². The minimum absolute atomic E-state index is 0.00621. The number of ether oxygens (including phenoxy) is 3.